The van der Waals surface area contributed by atoms with Crippen LogP contribution in [0.2, 0.25) is 0 Å². The maximum Gasteiger partial charge on any atom is 0.251 e. The summed E-state index contributed by atoms with van der Waals surface area (Å²) in [6, 6.07) is 13.5. The molecule has 0 aliphatic heterocycles. The van der Waals surface area contributed by atoms with Gasteiger partial charge >= 0.3 is 0 Å². The Morgan fingerprint density at radius 1 is 1.07 bits per heavy atom. The molecule has 0 saturated heterocycles. The highest BCUT2D eigenvalue weighted by molar-refractivity contribution is 5.94. The standard InChI is InChI=1S/C21H27FN4O2/c1-3-23-21(25-11-10-16-6-4-8-18(22)14-16)26-13-12-24-20(27)17-7-5-9-19(15-17)28-2/h4-9,14-15H,3,10-13H2,1-2H3,(H,24,27)(H2,23,25,26). The van der Waals surface area contributed by atoms with Gasteiger partial charge in [0.2, 0.25) is 0 Å². The smallest absolute Gasteiger partial charge is 0.251 e. The number of carbonyl (C=O) groups is 1. The highest BCUT2D eigenvalue weighted by Crippen LogP contribution is 2.12. The normalized spacial score (nSPS) is 11.0. The summed E-state index contributed by atoms with van der Waals surface area (Å²) in [7, 11) is 1.57. The molecule has 0 aliphatic carbocycles. The van der Waals surface area contributed by atoms with Crippen LogP contribution in [0.15, 0.2) is 53.5 Å². The summed E-state index contributed by atoms with van der Waals surface area (Å²) in [5.41, 5.74) is 1.46. The number of aliphatic imine (C=N–C) groups is 1. The third kappa shape index (κ3) is 7.26. The second-order valence-electron chi connectivity index (χ2n) is 6.06. The van der Waals surface area contributed by atoms with Gasteiger partial charge in [0.25, 0.3) is 5.91 Å². The summed E-state index contributed by atoms with van der Waals surface area (Å²) in [5, 5.41) is 9.18. The number of hydrogen-bond donors (Lipinski definition) is 3. The lowest BCUT2D eigenvalue weighted by Crippen LogP contribution is -2.41. The van der Waals surface area contributed by atoms with Crippen molar-refractivity contribution < 1.29 is 13.9 Å². The molecule has 2 aromatic carbocycles. The molecule has 0 atom stereocenters. The Kier molecular flexibility index (Phi) is 8.78. The quantitative estimate of drug-likeness (QED) is 0.351. The fourth-order valence-corrected chi connectivity index (χ4v) is 2.55. The summed E-state index contributed by atoms with van der Waals surface area (Å²) < 4.78 is 18.3. The van der Waals surface area contributed by atoms with Crippen molar-refractivity contribution in [3.05, 3.63) is 65.5 Å². The van der Waals surface area contributed by atoms with Crippen molar-refractivity contribution in [2.45, 2.75) is 13.3 Å². The zero-order valence-electron chi connectivity index (χ0n) is 16.3. The van der Waals surface area contributed by atoms with Crippen molar-refractivity contribution in [2.75, 3.05) is 33.3 Å². The molecule has 0 spiro atoms. The number of nitrogens with one attached hydrogen (secondary N) is 3. The van der Waals surface area contributed by atoms with Crippen molar-refractivity contribution in [1.82, 2.24) is 16.0 Å². The van der Waals surface area contributed by atoms with E-state index in [0.717, 1.165) is 12.1 Å². The maximum atomic E-state index is 13.2. The number of carbonyl (C=O) groups excluding carboxylic acids is 1. The summed E-state index contributed by atoms with van der Waals surface area (Å²) >= 11 is 0. The number of halogens is 1. The van der Waals surface area contributed by atoms with E-state index in [1.54, 1.807) is 37.4 Å². The fourth-order valence-electron chi connectivity index (χ4n) is 2.55. The van der Waals surface area contributed by atoms with Gasteiger partial charge < -0.3 is 20.7 Å². The number of nitrogens with zero attached hydrogens (tertiary/aromatic N) is 1. The van der Waals surface area contributed by atoms with E-state index in [1.807, 2.05) is 13.0 Å². The number of amides is 1. The second kappa shape index (κ2) is 11.6. The molecule has 2 aromatic rings. The number of rotatable bonds is 9. The zero-order valence-corrected chi connectivity index (χ0v) is 16.3. The van der Waals surface area contributed by atoms with Crippen LogP contribution in [0, 0.1) is 5.82 Å². The van der Waals surface area contributed by atoms with Gasteiger partial charge in [0.05, 0.1) is 7.11 Å². The van der Waals surface area contributed by atoms with Crippen molar-refractivity contribution in [1.29, 1.82) is 0 Å². The number of ether oxygens (including phenoxy) is 1. The van der Waals surface area contributed by atoms with Crippen LogP contribution in [0.5, 0.6) is 5.75 Å². The molecule has 0 heterocycles. The Labute approximate surface area is 165 Å². The summed E-state index contributed by atoms with van der Waals surface area (Å²) in [5.74, 6) is 0.909. The van der Waals surface area contributed by atoms with Crippen molar-refractivity contribution in [3.8, 4) is 5.75 Å². The maximum absolute atomic E-state index is 13.2. The Morgan fingerprint density at radius 3 is 2.61 bits per heavy atom. The summed E-state index contributed by atoms with van der Waals surface area (Å²) in [6.45, 7) is 4.22. The van der Waals surface area contributed by atoms with Gasteiger partial charge in [0.15, 0.2) is 5.96 Å². The molecular weight excluding hydrogens is 359 g/mol. The first kappa shape index (κ1) is 21.2. The predicted molar refractivity (Wildman–Crippen MR) is 109 cm³/mol. The van der Waals surface area contributed by atoms with Crippen LogP contribution in [0.4, 0.5) is 4.39 Å². The van der Waals surface area contributed by atoms with E-state index in [4.69, 9.17) is 4.74 Å². The lowest BCUT2D eigenvalue weighted by Gasteiger charge is -2.12. The zero-order chi connectivity index (χ0) is 20.2. The first-order valence-electron chi connectivity index (χ1n) is 9.31. The molecule has 28 heavy (non-hydrogen) atoms. The molecule has 0 radical (unpaired) electrons. The largest absolute Gasteiger partial charge is 0.497 e. The number of hydrogen-bond acceptors (Lipinski definition) is 3. The highest BCUT2D eigenvalue weighted by Gasteiger charge is 2.06. The molecule has 0 aliphatic rings. The molecule has 0 saturated carbocycles. The van der Waals surface area contributed by atoms with Crippen LogP contribution in [0.3, 0.4) is 0 Å². The van der Waals surface area contributed by atoms with Gasteiger partial charge in [-0.05, 0) is 49.2 Å². The molecule has 1 amide bonds. The van der Waals surface area contributed by atoms with E-state index in [0.29, 0.717) is 43.3 Å². The third-order valence-corrected chi connectivity index (χ3v) is 3.94. The second-order valence-corrected chi connectivity index (χ2v) is 6.06. The van der Waals surface area contributed by atoms with E-state index in [2.05, 4.69) is 20.9 Å². The Balaban J connectivity index is 1.76. The van der Waals surface area contributed by atoms with Crippen LogP contribution in [0.25, 0.3) is 0 Å². The summed E-state index contributed by atoms with van der Waals surface area (Å²) in [6.07, 6.45) is 0.654. The lowest BCUT2D eigenvalue weighted by molar-refractivity contribution is 0.0954. The number of methoxy groups -OCH3 is 1. The fraction of sp³-hybridized carbons (Fsp3) is 0.333. The van der Waals surface area contributed by atoms with Crippen LogP contribution in [-0.4, -0.2) is 45.2 Å². The SMILES string of the molecule is CCNC(=NCCc1cccc(F)c1)NCCNC(=O)c1cccc(OC)c1. The minimum Gasteiger partial charge on any atom is -0.497 e. The van der Waals surface area contributed by atoms with Crippen molar-refractivity contribution in [3.63, 3.8) is 0 Å². The summed E-state index contributed by atoms with van der Waals surface area (Å²) in [4.78, 5) is 16.6. The minimum absolute atomic E-state index is 0.159. The number of benzene rings is 2. The van der Waals surface area contributed by atoms with Crippen LogP contribution < -0.4 is 20.7 Å². The lowest BCUT2D eigenvalue weighted by atomic mass is 10.1. The van der Waals surface area contributed by atoms with Gasteiger partial charge in [-0.3, -0.25) is 9.79 Å². The monoisotopic (exact) mass is 386 g/mol. The average Bonchev–Trinajstić information content (AvgIpc) is 2.71. The third-order valence-electron chi connectivity index (χ3n) is 3.94. The Morgan fingerprint density at radius 2 is 1.86 bits per heavy atom. The van der Waals surface area contributed by atoms with E-state index in [9.17, 15) is 9.18 Å². The Bertz CT molecular complexity index is 795. The predicted octanol–water partition coefficient (Wildman–Crippen LogP) is 2.36. The van der Waals surface area contributed by atoms with Gasteiger partial charge in [-0.1, -0.05) is 18.2 Å². The van der Waals surface area contributed by atoms with Gasteiger partial charge in [0, 0.05) is 31.7 Å². The molecule has 0 aromatic heterocycles. The van der Waals surface area contributed by atoms with Crippen LogP contribution in [-0.2, 0) is 6.42 Å². The van der Waals surface area contributed by atoms with Crippen molar-refractivity contribution in [2.24, 2.45) is 4.99 Å². The van der Waals surface area contributed by atoms with E-state index in [-0.39, 0.29) is 11.7 Å². The van der Waals surface area contributed by atoms with Gasteiger partial charge in [-0.2, -0.15) is 0 Å². The molecule has 0 bridgehead atoms. The first-order chi connectivity index (χ1) is 13.6. The number of guanidine groups is 1. The molecule has 3 N–H and O–H groups in total. The molecule has 6 nitrogen and oxygen atoms in total. The van der Waals surface area contributed by atoms with E-state index in [1.165, 1.54) is 12.1 Å². The Hall–Kier alpha value is -3.09. The molecule has 0 fully saturated rings. The molecule has 150 valence electrons. The van der Waals surface area contributed by atoms with E-state index >= 15 is 0 Å². The van der Waals surface area contributed by atoms with Gasteiger partial charge in [0.1, 0.15) is 11.6 Å². The van der Waals surface area contributed by atoms with Crippen molar-refractivity contribution >= 4 is 11.9 Å². The molecule has 7 heteroatoms. The van der Waals surface area contributed by atoms with Crippen LogP contribution >= 0.6 is 0 Å². The topological polar surface area (TPSA) is 74.8 Å². The highest BCUT2D eigenvalue weighted by atomic mass is 19.1. The van der Waals surface area contributed by atoms with Gasteiger partial charge in [-0.25, -0.2) is 4.39 Å². The van der Waals surface area contributed by atoms with Gasteiger partial charge in [-0.15, -0.1) is 0 Å². The van der Waals surface area contributed by atoms with E-state index < -0.39 is 0 Å². The average molecular weight is 386 g/mol. The van der Waals surface area contributed by atoms with Crippen LogP contribution in [0.1, 0.15) is 22.8 Å². The molecular formula is C21H27FN4O2. The minimum atomic E-state index is -0.238. The molecule has 2 rings (SSSR count). The first-order valence-corrected chi connectivity index (χ1v) is 9.31. The molecule has 0 unspecified atom stereocenters.